The first-order valence-corrected chi connectivity index (χ1v) is 6.57. The van der Waals surface area contributed by atoms with E-state index in [2.05, 4.69) is 15.5 Å². The van der Waals surface area contributed by atoms with Gasteiger partial charge in [-0.3, -0.25) is 0 Å². The largest absolute Gasteiger partial charge is 0.398 e. The summed E-state index contributed by atoms with van der Waals surface area (Å²) in [6.45, 7) is 0.411. The highest BCUT2D eigenvalue weighted by Crippen LogP contribution is 2.27. The second-order valence-corrected chi connectivity index (χ2v) is 4.95. The molecular weight excluding hydrogens is 293 g/mol. The van der Waals surface area contributed by atoms with Crippen LogP contribution in [0.25, 0.3) is 11.4 Å². The summed E-state index contributed by atoms with van der Waals surface area (Å²) >= 11 is 5.99. The van der Waals surface area contributed by atoms with Gasteiger partial charge in [0.1, 0.15) is 5.82 Å². The van der Waals surface area contributed by atoms with E-state index in [4.69, 9.17) is 17.3 Å². The second-order valence-electron chi connectivity index (χ2n) is 4.52. The van der Waals surface area contributed by atoms with Crippen molar-refractivity contribution in [2.75, 3.05) is 5.73 Å². The van der Waals surface area contributed by atoms with Gasteiger partial charge in [0.05, 0.1) is 6.54 Å². The van der Waals surface area contributed by atoms with Crippen LogP contribution in [-0.2, 0) is 6.54 Å². The second kappa shape index (κ2) is 5.49. The Morgan fingerprint density at radius 1 is 1.14 bits per heavy atom. The van der Waals surface area contributed by atoms with E-state index in [1.54, 1.807) is 35.0 Å². The number of nitrogens with zero attached hydrogens (tertiary/aromatic N) is 4. The standard InChI is InChI=1S/C14H11ClFN5/c15-10-3-6-13(17)12(7-10)14-18-19-20-21(14)8-9-1-4-11(16)5-2-9/h1-7H,8,17H2. The van der Waals surface area contributed by atoms with Gasteiger partial charge >= 0.3 is 0 Å². The molecule has 1 heterocycles. The van der Waals surface area contributed by atoms with E-state index in [0.717, 1.165) is 5.56 Å². The summed E-state index contributed by atoms with van der Waals surface area (Å²) < 4.78 is 14.5. The number of tetrazole rings is 1. The number of rotatable bonds is 3. The van der Waals surface area contributed by atoms with Gasteiger partial charge in [-0.15, -0.1) is 5.10 Å². The van der Waals surface area contributed by atoms with Crippen LogP contribution < -0.4 is 5.73 Å². The van der Waals surface area contributed by atoms with Crippen molar-refractivity contribution in [3.63, 3.8) is 0 Å². The Hall–Kier alpha value is -2.47. The zero-order chi connectivity index (χ0) is 14.8. The van der Waals surface area contributed by atoms with Crippen molar-refractivity contribution in [1.29, 1.82) is 0 Å². The average molecular weight is 304 g/mol. The van der Waals surface area contributed by atoms with E-state index >= 15 is 0 Å². The van der Waals surface area contributed by atoms with Crippen molar-refractivity contribution in [3.8, 4) is 11.4 Å². The van der Waals surface area contributed by atoms with Crippen LogP contribution in [0, 0.1) is 5.82 Å². The summed E-state index contributed by atoms with van der Waals surface area (Å²) in [6, 6.07) is 11.3. The number of nitrogens with two attached hydrogens (primary N) is 1. The number of benzene rings is 2. The maximum Gasteiger partial charge on any atom is 0.184 e. The number of aromatic nitrogens is 4. The van der Waals surface area contributed by atoms with Gasteiger partial charge in [-0.2, -0.15) is 0 Å². The summed E-state index contributed by atoms with van der Waals surface area (Å²) in [5.74, 6) is 0.231. The minimum atomic E-state index is -0.283. The fourth-order valence-electron chi connectivity index (χ4n) is 1.99. The highest BCUT2D eigenvalue weighted by molar-refractivity contribution is 6.31. The molecule has 0 aliphatic carbocycles. The molecule has 0 aliphatic heterocycles. The van der Waals surface area contributed by atoms with Gasteiger partial charge in [0.2, 0.25) is 0 Å². The first-order valence-electron chi connectivity index (χ1n) is 6.19. The zero-order valence-electron chi connectivity index (χ0n) is 10.9. The topological polar surface area (TPSA) is 69.6 Å². The van der Waals surface area contributed by atoms with Gasteiger partial charge in [-0.25, -0.2) is 9.07 Å². The molecule has 3 aromatic rings. The van der Waals surface area contributed by atoms with Gasteiger partial charge in [-0.05, 0) is 46.3 Å². The van der Waals surface area contributed by atoms with Crippen molar-refractivity contribution in [3.05, 3.63) is 58.9 Å². The smallest absolute Gasteiger partial charge is 0.184 e. The van der Waals surface area contributed by atoms with Gasteiger partial charge in [0.15, 0.2) is 5.82 Å². The predicted molar refractivity (Wildman–Crippen MR) is 78.2 cm³/mol. The van der Waals surface area contributed by atoms with Crippen LogP contribution in [0.4, 0.5) is 10.1 Å². The van der Waals surface area contributed by atoms with E-state index in [1.165, 1.54) is 12.1 Å². The Morgan fingerprint density at radius 3 is 2.67 bits per heavy atom. The maximum atomic E-state index is 12.9. The molecule has 0 fully saturated rings. The van der Waals surface area contributed by atoms with Crippen LogP contribution in [-0.4, -0.2) is 20.2 Å². The third kappa shape index (κ3) is 2.85. The Labute approximate surface area is 125 Å². The molecule has 0 atom stereocenters. The van der Waals surface area contributed by atoms with Gasteiger partial charge in [0.25, 0.3) is 0 Å². The summed E-state index contributed by atoms with van der Waals surface area (Å²) in [4.78, 5) is 0. The van der Waals surface area contributed by atoms with Crippen molar-refractivity contribution < 1.29 is 4.39 Å². The molecule has 0 saturated heterocycles. The molecule has 7 heteroatoms. The molecule has 0 saturated carbocycles. The molecular formula is C14H11ClFN5. The number of anilines is 1. The Balaban J connectivity index is 1.97. The van der Waals surface area contributed by atoms with E-state index < -0.39 is 0 Å². The van der Waals surface area contributed by atoms with Crippen LogP contribution in [0.3, 0.4) is 0 Å². The normalized spacial score (nSPS) is 10.8. The summed E-state index contributed by atoms with van der Waals surface area (Å²) in [5, 5.41) is 12.2. The van der Waals surface area contributed by atoms with Crippen LogP contribution in [0.15, 0.2) is 42.5 Å². The minimum absolute atomic E-state index is 0.283. The Kier molecular flexibility index (Phi) is 3.53. The van der Waals surface area contributed by atoms with E-state index in [1.807, 2.05) is 0 Å². The molecule has 3 rings (SSSR count). The lowest BCUT2D eigenvalue weighted by Gasteiger charge is -2.07. The summed E-state index contributed by atoms with van der Waals surface area (Å²) in [6.07, 6.45) is 0. The molecule has 2 aromatic carbocycles. The maximum absolute atomic E-state index is 12.9. The molecule has 0 bridgehead atoms. The minimum Gasteiger partial charge on any atom is -0.398 e. The first kappa shape index (κ1) is 13.5. The van der Waals surface area contributed by atoms with Gasteiger partial charge in [-0.1, -0.05) is 23.7 Å². The predicted octanol–water partition coefficient (Wildman–Crippen LogP) is 2.76. The molecule has 2 N–H and O–H groups in total. The molecule has 0 aliphatic rings. The fraction of sp³-hybridized carbons (Fsp3) is 0.0714. The molecule has 0 unspecified atom stereocenters. The number of hydrogen-bond acceptors (Lipinski definition) is 4. The Bertz CT molecular complexity index is 769. The molecule has 0 radical (unpaired) electrons. The summed E-state index contributed by atoms with van der Waals surface area (Å²) in [7, 11) is 0. The quantitative estimate of drug-likeness (QED) is 0.755. The van der Waals surface area contributed by atoms with E-state index in [0.29, 0.717) is 28.6 Å². The highest BCUT2D eigenvalue weighted by atomic mass is 35.5. The van der Waals surface area contributed by atoms with Crippen molar-refractivity contribution >= 4 is 17.3 Å². The number of hydrogen-bond donors (Lipinski definition) is 1. The molecule has 0 spiro atoms. The summed E-state index contributed by atoms with van der Waals surface area (Å²) in [5.41, 5.74) is 8.02. The van der Waals surface area contributed by atoms with Crippen LogP contribution in [0.2, 0.25) is 5.02 Å². The average Bonchev–Trinajstić information content (AvgIpc) is 2.92. The SMILES string of the molecule is Nc1ccc(Cl)cc1-c1nnnn1Cc1ccc(F)cc1. The van der Waals surface area contributed by atoms with Crippen molar-refractivity contribution in [1.82, 2.24) is 20.2 Å². The fourth-order valence-corrected chi connectivity index (χ4v) is 2.16. The highest BCUT2D eigenvalue weighted by Gasteiger charge is 2.13. The number of nitrogen functional groups attached to an aromatic ring is 1. The molecule has 5 nitrogen and oxygen atoms in total. The Morgan fingerprint density at radius 2 is 1.90 bits per heavy atom. The van der Waals surface area contributed by atoms with Crippen LogP contribution in [0.1, 0.15) is 5.56 Å². The molecule has 106 valence electrons. The number of halogens is 2. The third-order valence-corrected chi connectivity index (χ3v) is 3.27. The lowest BCUT2D eigenvalue weighted by molar-refractivity contribution is 0.622. The third-order valence-electron chi connectivity index (χ3n) is 3.03. The van der Waals surface area contributed by atoms with Crippen LogP contribution in [0.5, 0.6) is 0 Å². The van der Waals surface area contributed by atoms with Gasteiger partial charge in [0, 0.05) is 16.3 Å². The monoisotopic (exact) mass is 303 g/mol. The molecule has 21 heavy (non-hydrogen) atoms. The van der Waals surface area contributed by atoms with Crippen molar-refractivity contribution in [2.24, 2.45) is 0 Å². The van der Waals surface area contributed by atoms with Crippen LogP contribution >= 0.6 is 11.6 Å². The van der Waals surface area contributed by atoms with Gasteiger partial charge < -0.3 is 5.73 Å². The van der Waals surface area contributed by atoms with Crippen molar-refractivity contribution in [2.45, 2.75) is 6.54 Å². The zero-order valence-corrected chi connectivity index (χ0v) is 11.6. The first-order chi connectivity index (χ1) is 10.1. The van der Waals surface area contributed by atoms with E-state index in [9.17, 15) is 4.39 Å². The lowest BCUT2D eigenvalue weighted by Crippen LogP contribution is -2.05. The molecule has 1 aromatic heterocycles. The molecule has 0 amide bonds. The van der Waals surface area contributed by atoms with E-state index in [-0.39, 0.29) is 5.82 Å². The lowest BCUT2D eigenvalue weighted by atomic mass is 10.1.